The van der Waals surface area contributed by atoms with E-state index in [0.717, 1.165) is 30.7 Å². The molecular weight excluding hydrogens is 552 g/mol. The molecule has 4 fully saturated rings. The van der Waals surface area contributed by atoms with E-state index in [9.17, 15) is 4.79 Å². The summed E-state index contributed by atoms with van der Waals surface area (Å²) in [5, 5.41) is 7.93. The number of carbonyl (C=O) groups excluding carboxylic acids is 1. The fourth-order valence-electron chi connectivity index (χ4n) is 13.0. The summed E-state index contributed by atoms with van der Waals surface area (Å²) in [6, 6.07) is 11.8. The van der Waals surface area contributed by atoms with E-state index in [1.54, 1.807) is 0 Å². The number of aromatic nitrogens is 2. The van der Waals surface area contributed by atoms with Gasteiger partial charge in [0.1, 0.15) is 0 Å². The van der Waals surface area contributed by atoms with Gasteiger partial charge in [0.25, 0.3) is 0 Å². The van der Waals surface area contributed by atoms with E-state index < -0.39 is 0 Å². The molecule has 2 aromatic rings. The highest BCUT2D eigenvalue weighted by Gasteiger charge is 2.70. The van der Waals surface area contributed by atoms with Crippen molar-refractivity contribution in [3.8, 4) is 0 Å². The van der Waals surface area contributed by atoms with Gasteiger partial charge in [0.15, 0.2) is 0 Å². The van der Waals surface area contributed by atoms with E-state index >= 15 is 0 Å². The first-order chi connectivity index (χ1) is 21.3. The summed E-state index contributed by atoms with van der Waals surface area (Å²) < 4.78 is 6.22. The van der Waals surface area contributed by atoms with Crippen LogP contribution in [0.1, 0.15) is 121 Å². The van der Waals surface area contributed by atoms with E-state index in [4.69, 9.17) is 9.84 Å². The van der Waals surface area contributed by atoms with Crippen molar-refractivity contribution in [3.63, 3.8) is 0 Å². The zero-order valence-electron chi connectivity index (χ0n) is 29.0. The zero-order chi connectivity index (χ0) is 32.0. The van der Waals surface area contributed by atoms with Gasteiger partial charge in [-0.05, 0) is 147 Å². The van der Waals surface area contributed by atoms with Crippen molar-refractivity contribution in [2.75, 3.05) is 6.61 Å². The van der Waals surface area contributed by atoms with Crippen LogP contribution in [-0.4, -0.2) is 22.8 Å². The van der Waals surface area contributed by atoms with Gasteiger partial charge in [0.2, 0.25) is 0 Å². The van der Waals surface area contributed by atoms with Crippen LogP contribution in [0.4, 0.5) is 0 Å². The van der Waals surface area contributed by atoms with Gasteiger partial charge in [0.05, 0.1) is 17.9 Å². The molecule has 1 aromatic heterocycles. The number of esters is 1. The first-order valence-electron chi connectivity index (χ1n) is 17.9. The van der Waals surface area contributed by atoms with Crippen molar-refractivity contribution in [3.05, 3.63) is 71.6 Å². The van der Waals surface area contributed by atoms with E-state index in [2.05, 4.69) is 72.3 Å². The SMILES string of the molecule is C=C(C)C1CCC2(COC(=O)c3ccccc3)CCC3(C)C(CCC4C5(C)CC=C(c6cc(C)[nH]n6)C(C)(C)C5CCC43C)C12. The molecule has 9 atom stereocenters. The van der Waals surface area contributed by atoms with Gasteiger partial charge in [-0.1, -0.05) is 71.0 Å². The molecule has 7 rings (SSSR count). The Bertz CT molecular complexity index is 1520. The summed E-state index contributed by atoms with van der Waals surface area (Å²) in [5.74, 6) is 2.88. The maximum Gasteiger partial charge on any atom is 0.338 e. The minimum Gasteiger partial charge on any atom is -0.461 e. The zero-order valence-corrected chi connectivity index (χ0v) is 29.0. The molecule has 5 aliphatic rings. The topological polar surface area (TPSA) is 55.0 Å². The summed E-state index contributed by atoms with van der Waals surface area (Å²) >= 11 is 0. The first kappa shape index (κ1) is 31.0. The van der Waals surface area contributed by atoms with Crippen LogP contribution < -0.4 is 0 Å². The second-order valence-electron chi connectivity index (χ2n) is 17.5. The molecule has 9 unspecified atom stereocenters. The van der Waals surface area contributed by atoms with Crippen LogP contribution in [0.3, 0.4) is 0 Å². The van der Waals surface area contributed by atoms with E-state index in [1.165, 1.54) is 49.7 Å². The van der Waals surface area contributed by atoms with Gasteiger partial charge < -0.3 is 4.74 Å². The standard InChI is InChI=1S/C41H56N2O2/c1-26(2)29-16-21-41(25-45-36(44)28-12-10-9-11-13-28)23-22-39(7)31(35(29)41)14-15-34-38(6)19-17-30(32-24-27(3)42-43-32)37(4,5)33(38)18-20-40(34,39)8/h9-13,17,24,29,31,33-35H,1,14-16,18-23,25H2,2-8H3,(H,42,43). The summed E-state index contributed by atoms with van der Waals surface area (Å²) in [7, 11) is 0. The molecule has 1 N–H and O–H groups in total. The second-order valence-corrected chi connectivity index (χ2v) is 17.5. The molecule has 0 spiro atoms. The lowest BCUT2D eigenvalue weighted by Gasteiger charge is -2.72. The Morgan fingerprint density at radius 2 is 1.71 bits per heavy atom. The van der Waals surface area contributed by atoms with E-state index in [-0.39, 0.29) is 27.6 Å². The number of nitrogens with one attached hydrogen (secondary N) is 1. The van der Waals surface area contributed by atoms with Gasteiger partial charge in [-0.2, -0.15) is 5.10 Å². The van der Waals surface area contributed by atoms with Gasteiger partial charge >= 0.3 is 5.97 Å². The van der Waals surface area contributed by atoms with Crippen LogP contribution in [0, 0.1) is 63.6 Å². The molecule has 0 amide bonds. The minimum absolute atomic E-state index is 0.0642. The van der Waals surface area contributed by atoms with Crippen molar-refractivity contribution in [1.29, 1.82) is 0 Å². The molecule has 4 heteroatoms. The molecule has 0 saturated heterocycles. The molecule has 0 radical (unpaired) electrons. The maximum atomic E-state index is 13.2. The largest absolute Gasteiger partial charge is 0.461 e. The normalized spacial score (nSPS) is 41.6. The van der Waals surface area contributed by atoms with Crippen molar-refractivity contribution in [2.24, 2.45) is 56.7 Å². The highest BCUT2D eigenvalue weighted by Crippen LogP contribution is 2.77. The Morgan fingerprint density at radius 3 is 2.40 bits per heavy atom. The first-order valence-corrected chi connectivity index (χ1v) is 17.9. The van der Waals surface area contributed by atoms with Crippen LogP contribution in [0.2, 0.25) is 0 Å². The highest BCUT2D eigenvalue weighted by atomic mass is 16.5. The molecule has 5 aliphatic carbocycles. The third kappa shape index (κ3) is 4.36. The number of benzene rings is 1. The summed E-state index contributed by atoms with van der Waals surface area (Å²) in [6.07, 6.45) is 13.7. The Labute approximate surface area is 271 Å². The Kier molecular flexibility index (Phi) is 7.19. The highest BCUT2D eigenvalue weighted by molar-refractivity contribution is 5.89. The van der Waals surface area contributed by atoms with Crippen LogP contribution in [0.15, 0.2) is 54.6 Å². The van der Waals surface area contributed by atoms with Crippen molar-refractivity contribution in [1.82, 2.24) is 10.2 Å². The number of H-pyrrole nitrogens is 1. The van der Waals surface area contributed by atoms with Gasteiger partial charge in [-0.15, -0.1) is 0 Å². The summed E-state index contributed by atoms with van der Waals surface area (Å²) in [5.41, 5.74) is 6.73. The predicted molar refractivity (Wildman–Crippen MR) is 182 cm³/mol. The Morgan fingerprint density at radius 1 is 0.956 bits per heavy atom. The average molecular weight is 609 g/mol. The molecule has 242 valence electrons. The number of fused-ring (bicyclic) bond motifs is 7. The number of ether oxygens (including phenoxy) is 1. The molecule has 45 heavy (non-hydrogen) atoms. The van der Waals surface area contributed by atoms with Crippen molar-refractivity contribution >= 4 is 11.5 Å². The lowest BCUT2D eigenvalue weighted by molar-refractivity contribution is -0.228. The molecule has 4 saturated carbocycles. The van der Waals surface area contributed by atoms with Crippen LogP contribution in [0.5, 0.6) is 0 Å². The van der Waals surface area contributed by atoms with Gasteiger partial charge in [-0.3, -0.25) is 5.10 Å². The number of allylic oxidation sites excluding steroid dienone is 3. The number of rotatable bonds is 5. The molecule has 1 aromatic carbocycles. The Balaban J connectivity index is 1.20. The number of nitrogens with zero attached hydrogens (tertiary/aromatic N) is 1. The third-order valence-corrected chi connectivity index (χ3v) is 15.3. The third-order valence-electron chi connectivity index (χ3n) is 15.3. The second kappa shape index (κ2) is 10.4. The monoisotopic (exact) mass is 608 g/mol. The van der Waals surface area contributed by atoms with Crippen molar-refractivity contribution < 1.29 is 9.53 Å². The predicted octanol–water partition coefficient (Wildman–Crippen LogP) is 10.2. The van der Waals surface area contributed by atoms with Gasteiger partial charge in [-0.25, -0.2) is 4.79 Å². The average Bonchev–Trinajstić information content (AvgIpc) is 3.60. The quantitative estimate of drug-likeness (QED) is 0.271. The number of aromatic amines is 1. The number of hydrogen-bond acceptors (Lipinski definition) is 3. The molecule has 1 heterocycles. The van der Waals surface area contributed by atoms with E-state index in [0.29, 0.717) is 47.2 Å². The summed E-state index contributed by atoms with van der Waals surface area (Å²) in [4.78, 5) is 13.2. The maximum absolute atomic E-state index is 13.2. The molecular formula is C41H56N2O2. The fourth-order valence-corrected chi connectivity index (χ4v) is 13.0. The lowest BCUT2D eigenvalue weighted by atomic mass is 9.32. The summed E-state index contributed by atoms with van der Waals surface area (Å²) in [6.45, 7) is 22.6. The van der Waals surface area contributed by atoms with E-state index in [1.807, 2.05) is 30.3 Å². The lowest BCUT2D eigenvalue weighted by Crippen LogP contribution is -2.65. The van der Waals surface area contributed by atoms with Crippen LogP contribution in [-0.2, 0) is 4.74 Å². The fraction of sp³-hybridized carbons (Fsp3) is 0.659. The van der Waals surface area contributed by atoms with Crippen LogP contribution in [0.25, 0.3) is 5.57 Å². The number of carbonyl (C=O) groups is 1. The van der Waals surface area contributed by atoms with Crippen LogP contribution >= 0.6 is 0 Å². The Hall–Kier alpha value is -2.62. The number of aryl methyl sites for hydroxylation is 1. The smallest absolute Gasteiger partial charge is 0.338 e. The van der Waals surface area contributed by atoms with Gasteiger partial charge in [0, 0.05) is 11.1 Å². The number of hydrogen-bond donors (Lipinski definition) is 1. The molecule has 4 nitrogen and oxygen atoms in total. The van der Waals surface area contributed by atoms with Crippen molar-refractivity contribution in [2.45, 2.75) is 106 Å². The molecule has 0 aliphatic heterocycles. The molecule has 0 bridgehead atoms. The minimum atomic E-state index is -0.171.